The molecule has 2 heterocycles. The van der Waals surface area contributed by atoms with Crippen molar-refractivity contribution in [2.45, 2.75) is 25.7 Å². The Labute approximate surface area is 152 Å². The molecule has 0 radical (unpaired) electrons. The molecule has 0 saturated carbocycles. The van der Waals surface area contributed by atoms with E-state index in [4.69, 9.17) is 0 Å². The first kappa shape index (κ1) is 16.5. The number of para-hydroxylation sites is 2. The Hall–Kier alpha value is -3.01. The van der Waals surface area contributed by atoms with E-state index in [-0.39, 0.29) is 11.3 Å². The van der Waals surface area contributed by atoms with Crippen LogP contribution in [0.15, 0.2) is 60.9 Å². The van der Waals surface area contributed by atoms with Crippen molar-refractivity contribution in [3.05, 3.63) is 72.1 Å². The van der Waals surface area contributed by atoms with E-state index >= 15 is 0 Å². The Morgan fingerprint density at radius 2 is 1.54 bits per heavy atom. The molecule has 0 aliphatic heterocycles. The zero-order valence-corrected chi connectivity index (χ0v) is 15.1. The minimum Gasteiger partial charge on any atom is -0.361 e. The van der Waals surface area contributed by atoms with Crippen molar-refractivity contribution in [2.24, 2.45) is 0 Å². The Balaban J connectivity index is 1.46. The molecule has 4 nitrogen and oxygen atoms in total. The molecule has 2 aromatic carbocycles. The summed E-state index contributed by atoms with van der Waals surface area (Å²) in [4.78, 5) is 19.0. The van der Waals surface area contributed by atoms with Crippen LogP contribution in [0.5, 0.6) is 0 Å². The highest BCUT2D eigenvalue weighted by atomic mass is 16.1. The van der Waals surface area contributed by atoms with Gasteiger partial charge in [0.2, 0.25) is 5.91 Å². The predicted octanol–water partition coefficient (Wildman–Crippen LogP) is 4.29. The van der Waals surface area contributed by atoms with Crippen molar-refractivity contribution in [1.29, 1.82) is 0 Å². The number of aromatic nitrogens is 2. The number of fused-ring (bicyclic) bond motifs is 2. The summed E-state index contributed by atoms with van der Waals surface area (Å²) < 4.78 is 0. The van der Waals surface area contributed by atoms with Crippen molar-refractivity contribution >= 4 is 27.7 Å². The van der Waals surface area contributed by atoms with E-state index in [1.165, 1.54) is 10.9 Å². The van der Waals surface area contributed by atoms with E-state index in [0.29, 0.717) is 13.0 Å². The molecule has 4 rings (SSSR count). The Bertz CT molecular complexity index is 1070. The lowest BCUT2D eigenvalue weighted by atomic mass is 9.84. The van der Waals surface area contributed by atoms with Gasteiger partial charge in [0.1, 0.15) is 0 Å². The number of amides is 1. The number of benzene rings is 2. The molecule has 4 aromatic rings. The first-order chi connectivity index (χ1) is 12.5. The van der Waals surface area contributed by atoms with Crippen LogP contribution in [0.2, 0.25) is 0 Å². The quantitative estimate of drug-likeness (QED) is 0.496. The molecule has 0 bridgehead atoms. The zero-order chi connectivity index (χ0) is 18.1. The summed E-state index contributed by atoms with van der Waals surface area (Å²) in [5.74, 6) is 0.0441. The maximum Gasteiger partial charge on any atom is 0.224 e. The van der Waals surface area contributed by atoms with E-state index in [2.05, 4.69) is 47.5 Å². The second-order valence-corrected chi connectivity index (χ2v) is 7.44. The summed E-state index contributed by atoms with van der Waals surface area (Å²) in [5.41, 5.74) is 4.29. The fraction of sp³-hybridized carbons (Fsp3) is 0.227. The van der Waals surface area contributed by atoms with Crippen LogP contribution in [0.4, 0.5) is 0 Å². The maximum atomic E-state index is 12.5. The molecule has 0 fully saturated rings. The van der Waals surface area contributed by atoms with Crippen molar-refractivity contribution in [1.82, 2.24) is 15.3 Å². The third kappa shape index (κ3) is 2.99. The van der Waals surface area contributed by atoms with Crippen LogP contribution in [0.25, 0.3) is 21.8 Å². The van der Waals surface area contributed by atoms with Crippen LogP contribution in [0.3, 0.4) is 0 Å². The van der Waals surface area contributed by atoms with Gasteiger partial charge in [0, 0.05) is 46.2 Å². The zero-order valence-electron chi connectivity index (χ0n) is 15.1. The topological polar surface area (TPSA) is 60.7 Å². The molecule has 0 aliphatic rings. The molecule has 0 aliphatic carbocycles. The molecule has 4 heteroatoms. The molecule has 0 unspecified atom stereocenters. The summed E-state index contributed by atoms with van der Waals surface area (Å²) in [7, 11) is 0. The van der Waals surface area contributed by atoms with Crippen molar-refractivity contribution < 1.29 is 4.79 Å². The van der Waals surface area contributed by atoms with E-state index in [9.17, 15) is 4.79 Å². The number of rotatable bonds is 5. The fourth-order valence-corrected chi connectivity index (χ4v) is 3.56. The molecule has 2 aromatic heterocycles. The third-order valence-electron chi connectivity index (χ3n) is 5.07. The van der Waals surface area contributed by atoms with Crippen molar-refractivity contribution in [2.75, 3.05) is 6.54 Å². The molecule has 0 atom stereocenters. The lowest BCUT2D eigenvalue weighted by molar-refractivity contribution is -0.120. The SMILES string of the molecule is CC(C)(CNC(=O)Cc1c[nH]c2ccccc12)c1c[nH]c2ccccc12. The van der Waals surface area contributed by atoms with Gasteiger partial charge in [-0.3, -0.25) is 4.79 Å². The van der Waals surface area contributed by atoms with Gasteiger partial charge >= 0.3 is 0 Å². The number of nitrogens with one attached hydrogen (secondary N) is 3. The van der Waals surface area contributed by atoms with Crippen LogP contribution in [0, 0.1) is 0 Å². The van der Waals surface area contributed by atoms with Crippen LogP contribution >= 0.6 is 0 Å². The van der Waals surface area contributed by atoms with Gasteiger partial charge in [-0.15, -0.1) is 0 Å². The van der Waals surface area contributed by atoms with Gasteiger partial charge in [0.05, 0.1) is 6.42 Å². The molecule has 26 heavy (non-hydrogen) atoms. The number of aromatic amines is 2. The normalized spacial score (nSPS) is 11.9. The largest absolute Gasteiger partial charge is 0.361 e. The van der Waals surface area contributed by atoms with Crippen LogP contribution < -0.4 is 5.32 Å². The average molecular weight is 345 g/mol. The standard InChI is InChI=1S/C22H23N3O/c1-22(2,18-13-24-20-10-6-4-8-17(18)20)14-25-21(26)11-15-12-23-19-9-5-3-7-16(15)19/h3-10,12-13,23-24H,11,14H2,1-2H3,(H,25,26). The van der Waals surface area contributed by atoms with Gasteiger partial charge in [-0.1, -0.05) is 50.2 Å². The molecule has 132 valence electrons. The van der Waals surface area contributed by atoms with Gasteiger partial charge in [-0.2, -0.15) is 0 Å². The highest BCUT2D eigenvalue weighted by molar-refractivity contribution is 5.89. The van der Waals surface area contributed by atoms with E-state index in [0.717, 1.165) is 22.0 Å². The first-order valence-corrected chi connectivity index (χ1v) is 8.93. The number of carbonyl (C=O) groups excluding carboxylic acids is 1. The van der Waals surface area contributed by atoms with Crippen molar-refractivity contribution in [3.63, 3.8) is 0 Å². The minimum absolute atomic E-state index is 0.0441. The van der Waals surface area contributed by atoms with E-state index in [1.54, 1.807) is 0 Å². The molecule has 0 spiro atoms. The van der Waals surface area contributed by atoms with Gasteiger partial charge < -0.3 is 15.3 Å². The third-order valence-corrected chi connectivity index (χ3v) is 5.07. The lowest BCUT2D eigenvalue weighted by Crippen LogP contribution is -2.37. The predicted molar refractivity (Wildman–Crippen MR) is 106 cm³/mol. The van der Waals surface area contributed by atoms with E-state index < -0.39 is 0 Å². The summed E-state index contributed by atoms with van der Waals surface area (Å²) in [6.45, 7) is 4.92. The van der Waals surface area contributed by atoms with Crippen LogP contribution in [-0.4, -0.2) is 22.4 Å². The fourth-order valence-electron chi connectivity index (χ4n) is 3.56. The molecular weight excluding hydrogens is 322 g/mol. The molecule has 0 saturated heterocycles. The Morgan fingerprint density at radius 1 is 0.923 bits per heavy atom. The second-order valence-electron chi connectivity index (χ2n) is 7.44. The smallest absolute Gasteiger partial charge is 0.224 e. The molecule has 1 amide bonds. The first-order valence-electron chi connectivity index (χ1n) is 8.93. The van der Waals surface area contributed by atoms with Crippen molar-refractivity contribution in [3.8, 4) is 0 Å². The number of H-pyrrole nitrogens is 2. The Kier molecular flexibility index (Phi) is 4.03. The summed E-state index contributed by atoms with van der Waals surface area (Å²) in [6, 6.07) is 16.3. The monoisotopic (exact) mass is 345 g/mol. The van der Waals surface area contributed by atoms with Gasteiger partial charge in [-0.25, -0.2) is 0 Å². The summed E-state index contributed by atoms with van der Waals surface area (Å²) in [5, 5.41) is 5.43. The van der Waals surface area contributed by atoms with Gasteiger partial charge in [-0.05, 0) is 23.3 Å². The number of hydrogen-bond donors (Lipinski definition) is 3. The summed E-state index contributed by atoms with van der Waals surface area (Å²) in [6.07, 6.45) is 4.36. The van der Waals surface area contributed by atoms with E-state index in [1.807, 2.05) is 42.6 Å². The van der Waals surface area contributed by atoms with Gasteiger partial charge in [0.15, 0.2) is 0 Å². The average Bonchev–Trinajstić information content (AvgIpc) is 3.25. The van der Waals surface area contributed by atoms with Crippen LogP contribution in [-0.2, 0) is 16.6 Å². The lowest BCUT2D eigenvalue weighted by Gasteiger charge is -2.25. The van der Waals surface area contributed by atoms with Crippen LogP contribution in [0.1, 0.15) is 25.0 Å². The highest BCUT2D eigenvalue weighted by Crippen LogP contribution is 2.29. The van der Waals surface area contributed by atoms with Gasteiger partial charge in [0.25, 0.3) is 0 Å². The maximum absolute atomic E-state index is 12.5. The number of carbonyl (C=O) groups is 1. The summed E-state index contributed by atoms with van der Waals surface area (Å²) >= 11 is 0. The second kappa shape index (κ2) is 6.37. The highest BCUT2D eigenvalue weighted by Gasteiger charge is 2.24. The molecule has 3 N–H and O–H groups in total. The Morgan fingerprint density at radius 3 is 2.31 bits per heavy atom. The minimum atomic E-state index is -0.157. The number of hydrogen-bond acceptors (Lipinski definition) is 1. The molecular formula is C22H23N3O.